The monoisotopic (exact) mass is 297 g/mol. The molecule has 0 bridgehead atoms. The van der Waals surface area contributed by atoms with Crippen LogP contribution in [0.3, 0.4) is 0 Å². The summed E-state index contributed by atoms with van der Waals surface area (Å²) >= 11 is 5.92. The maximum atomic E-state index is 11.8. The molecule has 7 heteroatoms. The summed E-state index contributed by atoms with van der Waals surface area (Å²) in [6.45, 7) is 3.57. The van der Waals surface area contributed by atoms with Gasteiger partial charge >= 0.3 is 6.09 Å². The molecule has 0 aliphatic carbocycles. The highest BCUT2D eigenvalue weighted by Crippen LogP contribution is 2.20. The van der Waals surface area contributed by atoms with Crippen molar-refractivity contribution in [3.63, 3.8) is 0 Å². The minimum atomic E-state index is -0.654. The van der Waals surface area contributed by atoms with E-state index < -0.39 is 6.09 Å². The molecular weight excluding hydrogens is 282 g/mol. The largest absolute Gasteiger partial charge is 0.449 e. The molecule has 6 nitrogen and oxygen atoms in total. The number of benzene rings is 1. The standard InChI is InChI=1S/C13H16ClN3O3/c1-3-20-13(19)17-16-9(2)8-12(18)15-11-7-5-4-6-10(11)14/h4-7H,3,8H2,1-2H3,(H,15,18)(H,17,19)/b16-9-. The van der Waals surface area contributed by atoms with E-state index in [2.05, 4.69) is 20.6 Å². The van der Waals surface area contributed by atoms with E-state index in [0.29, 0.717) is 16.4 Å². The highest BCUT2D eigenvalue weighted by Gasteiger charge is 2.07. The summed E-state index contributed by atoms with van der Waals surface area (Å²) in [6, 6.07) is 6.92. The molecule has 20 heavy (non-hydrogen) atoms. The molecule has 0 spiro atoms. The van der Waals surface area contributed by atoms with E-state index >= 15 is 0 Å². The van der Waals surface area contributed by atoms with Crippen molar-refractivity contribution in [3.05, 3.63) is 29.3 Å². The first kappa shape index (κ1) is 16.0. The van der Waals surface area contributed by atoms with E-state index in [1.165, 1.54) is 0 Å². The summed E-state index contributed by atoms with van der Waals surface area (Å²) in [5.74, 6) is -0.273. The lowest BCUT2D eigenvalue weighted by Crippen LogP contribution is -2.22. The molecule has 0 aliphatic heterocycles. The van der Waals surface area contributed by atoms with E-state index in [1.54, 1.807) is 38.1 Å². The lowest BCUT2D eigenvalue weighted by molar-refractivity contribution is -0.115. The summed E-state index contributed by atoms with van der Waals surface area (Å²) in [5.41, 5.74) is 3.16. The summed E-state index contributed by atoms with van der Waals surface area (Å²) in [5, 5.41) is 6.86. The maximum Gasteiger partial charge on any atom is 0.427 e. The Morgan fingerprint density at radius 2 is 2.05 bits per heavy atom. The Morgan fingerprint density at radius 1 is 1.35 bits per heavy atom. The van der Waals surface area contributed by atoms with Gasteiger partial charge in [-0.3, -0.25) is 4.79 Å². The van der Waals surface area contributed by atoms with Gasteiger partial charge in [-0.2, -0.15) is 5.10 Å². The van der Waals surface area contributed by atoms with Gasteiger partial charge in [0.25, 0.3) is 0 Å². The molecule has 0 radical (unpaired) electrons. The van der Waals surface area contributed by atoms with Crippen molar-refractivity contribution in [2.45, 2.75) is 20.3 Å². The third-order valence-corrected chi connectivity index (χ3v) is 2.51. The van der Waals surface area contributed by atoms with Gasteiger partial charge in [-0.1, -0.05) is 23.7 Å². The lowest BCUT2D eigenvalue weighted by Gasteiger charge is -2.07. The molecule has 0 aliphatic rings. The van der Waals surface area contributed by atoms with Crippen LogP contribution in [0.5, 0.6) is 0 Å². The number of anilines is 1. The van der Waals surface area contributed by atoms with Gasteiger partial charge in [-0.25, -0.2) is 10.2 Å². The zero-order valence-corrected chi connectivity index (χ0v) is 12.0. The number of carbonyl (C=O) groups is 2. The summed E-state index contributed by atoms with van der Waals surface area (Å²) in [4.78, 5) is 22.8. The van der Waals surface area contributed by atoms with Crippen LogP contribution in [0.1, 0.15) is 20.3 Å². The van der Waals surface area contributed by atoms with Crippen molar-refractivity contribution in [3.8, 4) is 0 Å². The molecule has 0 fully saturated rings. The van der Waals surface area contributed by atoms with E-state index in [1.807, 2.05) is 0 Å². The fourth-order valence-electron chi connectivity index (χ4n) is 1.33. The number of hydrogen-bond acceptors (Lipinski definition) is 4. The Hall–Kier alpha value is -2.08. The number of para-hydroxylation sites is 1. The minimum absolute atomic E-state index is 0.0393. The molecule has 2 amide bonds. The SMILES string of the molecule is CCOC(=O)N/N=C(/C)CC(=O)Nc1ccccc1Cl. The number of nitrogens with one attached hydrogen (secondary N) is 2. The molecule has 0 heterocycles. The number of hydrazone groups is 1. The van der Waals surface area contributed by atoms with Crippen molar-refractivity contribution in [1.29, 1.82) is 0 Å². The van der Waals surface area contributed by atoms with Crippen molar-refractivity contribution < 1.29 is 14.3 Å². The van der Waals surface area contributed by atoms with Gasteiger partial charge in [0.2, 0.25) is 5.91 Å². The van der Waals surface area contributed by atoms with Gasteiger partial charge in [-0.15, -0.1) is 0 Å². The third kappa shape index (κ3) is 5.71. The molecule has 1 rings (SSSR count). The average molecular weight is 298 g/mol. The molecule has 0 aromatic heterocycles. The second-order valence-corrected chi connectivity index (χ2v) is 4.29. The summed E-state index contributed by atoms with van der Waals surface area (Å²) < 4.78 is 4.63. The quantitative estimate of drug-likeness (QED) is 0.648. The Bertz CT molecular complexity index is 517. The first-order chi connectivity index (χ1) is 9.52. The zero-order chi connectivity index (χ0) is 15.0. The smallest absolute Gasteiger partial charge is 0.427 e. The Morgan fingerprint density at radius 3 is 2.70 bits per heavy atom. The van der Waals surface area contributed by atoms with Gasteiger partial charge < -0.3 is 10.1 Å². The van der Waals surface area contributed by atoms with Crippen LogP contribution in [0.2, 0.25) is 5.02 Å². The van der Waals surface area contributed by atoms with Crippen LogP contribution in [-0.2, 0) is 9.53 Å². The van der Waals surface area contributed by atoms with Gasteiger partial charge in [0.1, 0.15) is 0 Å². The second kappa shape index (κ2) is 8.16. The van der Waals surface area contributed by atoms with Crippen molar-refractivity contribution in [2.24, 2.45) is 5.10 Å². The van der Waals surface area contributed by atoms with Crippen molar-refractivity contribution >= 4 is 35.0 Å². The fourth-order valence-corrected chi connectivity index (χ4v) is 1.52. The molecular formula is C13H16ClN3O3. The first-order valence-electron chi connectivity index (χ1n) is 6.03. The predicted molar refractivity (Wildman–Crippen MR) is 78.0 cm³/mol. The molecule has 108 valence electrons. The highest BCUT2D eigenvalue weighted by molar-refractivity contribution is 6.33. The molecule has 0 atom stereocenters. The molecule has 1 aromatic carbocycles. The Balaban J connectivity index is 2.48. The Kier molecular flexibility index (Phi) is 6.52. The number of carbonyl (C=O) groups excluding carboxylic acids is 2. The highest BCUT2D eigenvalue weighted by atomic mass is 35.5. The minimum Gasteiger partial charge on any atom is -0.449 e. The number of nitrogens with zero attached hydrogens (tertiary/aromatic N) is 1. The van der Waals surface area contributed by atoms with Crippen LogP contribution < -0.4 is 10.7 Å². The van der Waals surface area contributed by atoms with E-state index in [9.17, 15) is 9.59 Å². The fraction of sp³-hybridized carbons (Fsp3) is 0.308. The van der Waals surface area contributed by atoms with Gasteiger partial charge in [-0.05, 0) is 26.0 Å². The number of rotatable bonds is 5. The third-order valence-electron chi connectivity index (χ3n) is 2.18. The van der Waals surface area contributed by atoms with E-state index in [0.717, 1.165) is 0 Å². The molecule has 2 N–H and O–H groups in total. The van der Waals surface area contributed by atoms with Gasteiger partial charge in [0.15, 0.2) is 0 Å². The predicted octanol–water partition coefficient (Wildman–Crippen LogP) is 2.79. The number of ether oxygens (including phenoxy) is 1. The topological polar surface area (TPSA) is 79.8 Å². The summed E-state index contributed by atoms with van der Waals surface area (Å²) in [6.07, 6.45) is -0.615. The van der Waals surface area contributed by atoms with Gasteiger partial charge in [0.05, 0.1) is 23.7 Å². The molecule has 0 unspecified atom stereocenters. The van der Waals surface area contributed by atoms with Crippen LogP contribution in [0.15, 0.2) is 29.4 Å². The molecule has 0 saturated heterocycles. The zero-order valence-electron chi connectivity index (χ0n) is 11.3. The van der Waals surface area contributed by atoms with Crippen LogP contribution in [0.4, 0.5) is 10.5 Å². The van der Waals surface area contributed by atoms with Crippen LogP contribution >= 0.6 is 11.6 Å². The number of halogens is 1. The average Bonchev–Trinajstić information content (AvgIpc) is 2.39. The van der Waals surface area contributed by atoms with Crippen molar-refractivity contribution in [1.82, 2.24) is 5.43 Å². The maximum absolute atomic E-state index is 11.8. The Labute approximate surface area is 122 Å². The van der Waals surface area contributed by atoms with Gasteiger partial charge in [0, 0.05) is 5.71 Å². The van der Waals surface area contributed by atoms with Crippen LogP contribution in [-0.4, -0.2) is 24.3 Å². The van der Waals surface area contributed by atoms with Crippen LogP contribution in [0, 0.1) is 0 Å². The number of amides is 2. The number of hydrogen-bond donors (Lipinski definition) is 2. The van der Waals surface area contributed by atoms with Crippen LogP contribution in [0.25, 0.3) is 0 Å². The molecule has 0 saturated carbocycles. The van der Waals surface area contributed by atoms with Crippen molar-refractivity contribution in [2.75, 3.05) is 11.9 Å². The van der Waals surface area contributed by atoms with E-state index in [-0.39, 0.29) is 18.9 Å². The normalized spacial score (nSPS) is 10.8. The first-order valence-corrected chi connectivity index (χ1v) is 6.41. The molecule has 1 aromatic rings. The lowest BCUT2D eigenvalue weighted by atomic mass is 10.2. The second-order valence-electron chi connectivity index (χ2n) is 3.88. The summed E-state index contributed by atoms with van der Waals surface area (Å²) in [7, 11) is 0. The van der Waals surface area contributed by atoms with E-state index in [4.69, 9.17) is 11.6 Å².